The lowest BCUT2D eigenvalue weighted by Gasteiger charge is -2.14. The van der Waals surface area contributed by atoms with Gasteiger partial charge in [0.2, 0.25) is 0 Å². The SMILES string of the molecule is COc1ccc(NC(=O)C(C)OC(=O)CCCc2nc3ccccc3s2)cc1OC. The normalized spacial score (nSPS) is 11.7. The number of aromatic nitrogens is 1. The maximum Gasteiger partial charge on any atom is 0.306 e. The summed E-state index contributed by atoms with van der Waals surface area (Å²) in [6.07, 6.45) is 0.626. The average Bonchev–Trinajstić information content (AvgIpc) is 3.16. The van der Waals surface area contributed by atoms with Crippen molar-refractivity contribution in [3.63, 3.8) is 0 Å². The van der Waals surface area contributed by atoms with Crippen LogP contribution in [0.4, 0.5) is 5.69 Å². The molecule has 1 heterocycles. The van der Waals surface area contributed by atoms with Gasteiger partial charge >= 0.3 is 5.97 Å². The molecule has 0 saturated heterocycles. The molecule has 1 atom stereocenters. The Labute approximate surface area is 179 Å². The number of nitrogens with one attached hydrogen (secondary N) is 1. The van der Waals surface area contributed by atoms with Crippen LogP contribution in [-0.2, 0) is 20.7 Å². The summed E-state index contributed by atoms with van der Waals surface area (Å²) >= 11 is 1.63. The van der Waals surface area contributed by atoms with E-state index in [1.165, 1.54) is 14.2 Å². The van der Waals surface area contributed by atoms with Crippen LogP contribution in [0.1, 0.15) is 24.8 Å². The predicted octanol–water partition coefficient (Wildman–Crippen LogP) is 4.21. The van der Waals surface area contributed by atoms with E-state index in [0.29, 0.717) is 30.0 Å². The fourth-order valence-corrected chi connectivity index (χ4v) is 3.89. The van der Waals surface area contributed by atoms with Gasteiger partial charge in [-0.25, -0.2) is 4.98 Å². The van der Waals surface area contributed by atoms with Crippen LogP contribution in [0.3, 0.4) is 0 Å². The number of hydrogen-bond donors (Lipinski definition) is 1. The molecule has 0 fully saturated rings. The molecule has 3 rings (SSSR count). The summed E-state index contributed by atoms with van der Waals surface area (Å²) in [6, 6.07) is 13.0. The van der Waals surface area contributed by atoms with E-state index in [1.54, 1.807) is 36.5 Å². The highest BCUT2D eigenvalue weighted by Crippen LogP contribution is 2.29. The summed E-state index contributed by atoms with van der Waals surface area (Å²) in [5.41, 5.74) is 1.50. The average molecular weight is 429 g/mol. The molecule has 0 aliphatic rings. The molecule has 158 valence electrons. The Morgan fingerprint density at radius 1 is 1.10 bits per heavy atom. The maximum atomic E-state index is 12.3. The van der Waals surface area contributed by atoms with Gasteiger partial charge in [-0.3, -0.25) is 9.59 Å². The van der Waals surface area contributed by atoms with Crippen molar-refractivity contribution in [3.05, 3.63) is 47.5 Å². The van der Waals surface area contributed by atoms with Crippen LogP contribution >= 0.6 is 11.3 Å². The molecule has 0 radical (unpaired) electrons. The number of anilines is 1. The molecule has 7 nitrogen and oxygen atoms in total. The third kappa shape index (κ3) is 5.48. The van der Waals surface area contributed by atoms with E-state index in [2.05, 4.69) is 10.3 Å². The topological polar surface area (TPSA) is 86.8 Å². The Morgan fingerprint density at radius 3 is 2.60 bits per heavy atom. The van der Waals surface area contributed by atoms with Gasteiger partial charge in [0.25, 0.3) is 5.91 Å². The van der Waals surface area contributed by atoms with Crippen LogP contribution in [0.25, 0.3) is 10.2 Å². The van der Waals surface area contributed by atoms with E-state index >= 15 is 0 Å². The Balaban J connectivity index is 1.45. The number of carbonyl (C=O) groups excluding carboxylic acids is 2. The van der Waals surface area contributed by atoms with Crippen LogP contribution < -0.4 is 14.8 Å². The lowest BCUT2D eigenvalue weighted by Crippen LogP contribution is -2.29. The third-order valence-electron chi connectivity index (χ3n) is 4.44. The number of hydrogen-bond acceptors (Lipinski definition) is 7. The van der Waals surface area contributed by atoms with E-state index in [4.69, 9.17) is 14.2 Å². The van der Waals surface area contributed by atoms with Crippen LogP contribution in [0, 0.1) is 0 Å². The van der Waals surface area contributed by atoms with Crippen molar-refractivity contribution < 1.29 is 23.8 Å². The zero-order valence-corrected chi connectivity index (χ0v) is 18.0. The monoisotopic (exact) mass is 428 g/mol. The third-order valence-corrected chi connectivity index (χ3v) is 5.53. The van der Waals surface area contributed by atoms with E-state index in [0.717, 1.165) is 15.2 Å². The highest BCUT2D eigenvalue weighted by atomic mass is 32.1. The predicted molar refractivity (Wildman–Crippen MR) is 116 cm³/mol. The minimum Gasteiger partial charge on any atom is -0.493 e. The first kappa shape index (κ1) is 21.6. The fourth-order valence-electron chi connectivity index (χ4n) is 2.88. The summed E-state index contributed by atoms with van der Waals surface area (Å²) < 4.78 is 16.8. The number of ether oxygens (including phenoxy) is 3. The summed E-state index contributed by atoms with van der Waals surface area (Å²) in [5, 5.41) is 3.70. The molecule has 0 saturated carbocycles. The lowest BCUT2D eigenvalue weighted by molar-refractivity contribution is -0.153. The minimum atomic E-state index is -0.909. The van der Waals surface area contributed by atoms with Gasteiger partial charge in [-0.1, -0.05) is 12.1 Å². The number of carbonyl (C=O) groups is 2. The Hall–Kier alpha value is -3.13. The molecule has 8 heteroatoms. The van der Waals surface area contributed by atoms with Crippen molar-refractivity contribution in [1.29, 1.82) is 0 Å². The zero-order chi connectivity index (χ0) is 21.5. The molecule has 1 aromatic heterocycles. The van der Waals surface area contributed by atoms with Gasteiger partial charge in [0, 0.05) is 18.2 Å². The zero-order valence-electron chi connectivity index (χ0n) is 17.1. The number of methoxy groups -OCH3 is 2. The molecule has 30 heavy (non-hydrogen) atoms. The molecule has 0 aliphatic heterocycles. The molecular weight excluding hydrogens is 404 g/mol. The molecule has 0 aliphatic carbocycles. The second kappa shape index (κ2) is 10.1. The molecular formula is C22H24N2O5S. The number of rotatable bonds is 9. The lowest BCUT2D eigenvalue weighted by atomic mass is 10.2. The van der Waals surface area contributed by atoms with Crippen molar-refractivity contribution in [2.75, 3.05) is 19.5 Å². The number of esters is 1. The van der Waals surface area contributed by atoms with Crippen molar-refractivity contribution in [1.82, 2.24) is 4.98 Å². The van der Waals surface area contributed by atoms with Gasteiger partial charge in [-0.15, -0.1) is 11.3 Å². The standard InChI is InChI=1S/C22H24N2O5S/c1-14(22(26)23-15-11-12-17(27-2)18(13-15)28-3)29-21(25)10-6-9-20-24-16-7-4-5-8-19(16)30-20/h4-5,7-8,11-14H,6,9-10H2,1-3H3,(H,23,26). The second-order valence-electron chi connectivity index (χ2n) is 6.62. The highest BCUT2D eigenvalue weighted by molar-refractivity contribution is 7.18. The van der Waals surface area contributed by atoms with Crippen LogP contribution in [0.5, 0.6) is 11.5 Å². The van der Waals surface area contributed by atoms with Crippen molar-refractivity contribution in [2.24, 2.45) is 0 Å². The molecule has 1 unspecified atom stereocenters. The van der Waals surface area contributed by atoms with Crippen molar-refractivity contribution in [2.45, 2.75) is 32.3 Å². The summed E-state index contributed by atoms with van der Waals surface area (Å²) in [4.78, 5) is 29.0. The van der Waals surface area contributed by atoms with Crippen molar-refractivity contribution in [3.8, 4) is 11.5 Å². The number of fused-ring (bicyclic) bond motifs is 1. The van der Waals surface area contributed by atoms with Gasteiger partial charge in [0.15, 0.2) is 17.6 Å². The number of amides is 1. The Kier molecular flexibility index (Phi) is 7.24. The van der Waals surface area contributed by atoms with E-state index < -0.39 is 18.0 Å². The number of para-hydroxylation sites is 1. The number of benzene rings is 2. The minimum absolute atomic E-state index is 0.226. The van der Waals surface area contributed by atoms with Gasteiger partial charge in [0.05, 0.1) is 29.4 Å². The molecule has 3 aromatic rings. The summed E-state index contributed by atoms with van der Waals surface area (Å²) in [6.45, 7) is 1.54. The van der Waals surface area contributed by atoms with E-state index in [9.17, 15) is 9.59 Å². The molecule has 0 spiro atoms. The highest BCUT2D eigenvalue weighted by Gasteiger charge is 2.18. The van der Waals surface area contributed by atoms with Crippen LogP contribution in [0.15, 0.2) is 42.5 Å². The first-order chi connectivity index (χ1) is 14.5. The first-order valence-corrected chi connectivity index (χ1v) is 10.4. The molecule has 1 N–H and O–H groups in total. The van der Waals surface area contributed by atoms with E-state index in [1.807, 2.05) is 24.3 Å². The first-order valence-electron chi connectivity index (χ1n) is 9.57. The van der Waals surface area contributed by atoms with Crippen LogP contribution in [-0.4, -0.2) is 37.2 Å². The van der Waals surface area contributed by atoms with Gasteiger partial charge in [-0.2, -0.15) is 0 Å². The summed E-state index contributed by atoms with van der Waals surface area (Å²) in [5.74, 6) is 0.228. The Morgan fingerprint density at radius 2 is 1.87 bits per heavy atom. The number of aryl methyl sites for hydroxylation is 1. The molecule has 1 amide bonds. The van der Waals surface area contributed by atoms with Gasteiger partial charge in [0.1, 0.15) is 0 Å². The summed E-state index contributed by atoms with van der Waals surface area (Å²) in [7, 11) is 3.05. The molecule has 2 aromatic carbocycles. The molecule has 0 bridgehead atoms. The fraction of sp³-hybridized carbons (Fsp3) is 0.318. The van der Waals surface area contributed by atoms with E-state index in [-0.39, 0.29) is 6.42 Å². The quantitative estimate of drug-likeness (QED) is 0.514. The van der Waals surface area contributed by atoms with Crippen molar-refractivity contribution >= 4 is 39.1 Å². The Bertz CT molecular complexity index is 1000. The number of nitrogens with zero attached hydrogens (tertiary/aromatic N) is 1. The largest absolute Gasteiger partial charge is 0.493 e. The smallest absolute Gasteiger partial charge is 0.306 e. The number of thiazole rings is 1. The van der Waals surface area contributed by atoms with Crippen LogP contribution in [0.2, 0.25) is 0 Å². The second-order valence-corrected chi connectivity index (χ2v) is 7.74. The van der Waals surface area contributed by atoms with Gasteiger partial charge in [-0.05, 0) is 44.0 Å². The maximum absolute atomic E-state index is 12.3. The van der Waals surface area contributed by atoms with Gasteiger partial charge < -0.3 is 19.5 Å².